The number of benzene rings is 1. The van der Waals surface area contributed by atoms with Crippen LogP contribution in [0.3, 0.4) is 0 Å². The highest BCUT2D eigenvalue weighted by atomic mass is 32.1. The van der Waals surface area contributed by atoms with Crippen molar-refractivity contribution in [3.8, 4) is 0 Å². The van der Waals surface area contributed by atoms with E-state index in [-0.39, 0.29) is 11.9 Å². The number of thiophene rings is 1. The fourth-order valence-corrected chi connectivity index (χ4v) is 4.58. The number of aryl methyl sites for hydroxylation is 2. The van der Waals surface area contributed by atoms with E-state index >= 15 is 0 Å². The van der Waals surface area contributed by atoms with Gasteiger partial charge >= 0.3 is 5.97 Å². The Morgan fingerprint density at radius 2 is 1.92 bits per heavy atom. The maximum Gasteiger partial charge on any atom is 0.341 e. The lowest BCUT2D eigenvalue weighted by atomic mass is 10.1. The third-order valence-electron chi connectivity index (χ3n) is 4.68. The van der Waals surface area contributed by atoms with Gasteiger partial charge in [-0.25, -0.2) is 4.79 Å². The molecular formula is C21H25NO3S. The van der Waals surface area contributed by atoms with Gasteiger partial charge in [0.1, 0.15) is 5.00 Å². The van der Waals surface area contributed by atoms with Crippen LogP contribution < -0.4 is 5.32 Å². The van der Waals surface area contributed by atoms with E-state index in [0.29, 0.717) is 22.7 Å². The molecule has 0 spiro atoms. The second-order valence-corrected chi connectivity index (χ2v) is 7.78. The van der Waals surface area contributed by atoms with Crippen LogP contribution in [-0.2, 0) is 17.6 Å². The quantitative estimate of drug-likeness (QED) is 0.584. The molecule has 4 nitrogen and oxygen atoms in total. The lowest BCUT2D eigenvalue weighted by molar-refractivity contribution is 0.0505. The summed E-state index contributed by atoms with van der Waals surface area (Å²) >= 11 is 1.53. The molecule has 0 atom stereocenters. The number of ether oxygens (including phenoxy) is 1. The molecule has 1 heterocycles. The average molecular weight is 372 g/mol. The maximum atomic E-state index is 12.7. The number of carbonyl (C=O) groups excluding carboxylic acids is 2. The molecule has 0 unspecified atom stereocenters. The van der Waals surface area contributed by atoms with Crippen molar-refractivity contribution in [3.63, 3.8) is 0 Å². The second kappa shape index (κ2) is 8.49. The summed E-state index contributed by atoms with van der Waals surface area (Å²) in [5.74, 6) is -0.490. The van der Waals surface area contributed by atoms with Gasteiger partial charge in [0.25, 0.3) is 5.91 Å². The Hall–Kier alpha value is -2.14. The molecule has 5 heteroatoms. The molecule has 0 radical (unpaired) electrons. The van der Waals surface area contributed by atoms with Gasteiger partial charge in [-0.3, -0.25) is 4.79 Å². The van der Waals surface area contributed by atoms with Crippen molar-refractivity contribution >= 4 is 28.2 Å². The lowest BCUT2D eigenvalue weighted by Crippen LogP contribution is -2.16. The Bertz CT molecular complexity index is 810. The minimum absolute atomic E-state index is 0.177. The van der Waals surface area contributed by atoms with Crippen molar-refractivity contribution in [3.05, 3.63) is 51.4 Å². The summed E-state index contributed by atoms with van der Waals surface area (Å²) in [7, 11) is 0. The predicted molar refractivity (Wildman–Crippen MR) is 105 cm³/mol. The van der Waals surface area contributed by atoms with Gasteiger partial charge in [0.2, 0.25) is 0 Å². The smallest absolute Gasteiger partial charge is 0.341 e. The van der Waals surface area contributed by atoms with E-state index < -0.39 is 0 Å². The van der Waals surface area contributed by atoms with Gasteiger partial charge in [-0.2, -0.15) is 0 Å². The number of fused-ring (bicyclic) bond motifs is 1. The van der Waals surface area contributed by atoms with Crippen molar-refractivity contribution in [2.75, 3.05) is 11.9 Å². The zero-order chi connectivity index (χ0) is 18.5. The first-order valence-corrected chi connectivity index (χ1v) is 10.1. The van der Waals surface area contributed by atoms with E-state index in [9.17, 15) is 9.59 Å². The highest BCUT2D eigenvalue weighted by Gasteiger charge is 2.27. The fourth-order valence-electron chi connectivity index (χ4n) is 3.31. The maximum absolute atomic E-state index is 12.7. The molecule has 26 heavy (non-hydrogen) atoms. The Morgan fingerprint density at radius 3 is 2.69 bits per heavy atom. The van der Waals surface area contributed by atoms with E-state index in [0.717, 1.165) is 43.2 Å². The third kappa shape index (κ3) is 3.98. The van der Waals surface area contributed by atoms with Crippen molar-refractivity contribution in [1.82, 2.24) is 0 Å². The molecule has 1 aromatic carbocycles. The largest absolute Gasteiger partial charge is 0.462 e. The van der Waals surface area contributed by atoms with Gasteiger partial charge in [-0.05, 0) is 56.2 Å². The molecule has 1 aromatic heterocycles. The standard InChI is InChI=1S/C21H25NO3S/c1-3-13-25-21(24)18-16-11-5-4-6-12-17(16)26-20(18)22-19(23)15-10-8-7-9-14(15)2/h7-10H,3-6,11-13H2,1-2H3,(H,22,23). The molecule has 0 aliphatic heterocycles. The van der Waals surface area contributed by atoms with Gasteiger partial charge in [0.05, 0.1) is 12.2 Å². The molecule has 1 N–H and O–H groups in total. The summed E-state index contributed by atoms with van der Waals surface area (Å²) in [5.41, 5.74) is 3.19. The molecule has 3 rings (SSSR count). The van der Waals surface area contributed by atoms with Crippen LogP contribution in [0.25, 0.3) is 0 Å². The van der Waals surface area contributed by atoms with Gasteiger partial charge in [0, 0.05) is 10.4 Å². The Balaban J connectivity index is 1.94. The number of nitrogens with one attached hydrogen (secondary N) is 1. The summed E-state index contributed by atoms with van der Waals surface area (Å²) in [5, 5.41) is 3.61. The number of esters is 1. The molecule has 0 fully saturated rings. The number of rotatable bonds is 5. The molecule has 138 valence electrons. The number of hydrogen-bond acceptors (Lipinski definition) is 4. The highest BCUT2D eigenvalue weighted by molar-refractivity contribution is 7.17. The summed E-state index contributed by atoms with van der Waals surface area (Å²) in [6.45, 7) is 4.28. The van der Waals surface area contributed by atoms with E-state index in [1.54, 1.807) is 6.07 Å². The van der Waals surface area contributed by atoms with Crippen molar-refractivity contribution in [2.45, 2.75) is 52.4 Å². The first-order chi connectivity index (χ1) is 12.6. The summed E-state index contributed by atoms with van der Waals surface area (Å²) < 4.78 is 5.41. The van der Waals surface area contributed by atoms with E-state index in [1.165, 1.54) is 22.6 Å². The molecule has 0 bridgehead atoms. The Labute approximate surface area is 158 Å². The molecule has 1 aliphatic carbocycles. The highest BCUT2D eigenvalue weighted by Crippen LogP contribution is 2.38. The van der Waals surface area contributed by atoms with Crippen molar-refractivity contribution in [1.29, 1.82) is 0 Å². The van der Waals surface area contributed by atoms with Crippen LogP contribution in [0.15, 0.2) is 24.3 Å². The molecule has 1 aliphatic rings. The van der Waals surface area contributed by atoms with Crippen molar-refractivity contribution < 1.29 is 14.3 Å². The normalized spacial score (nSPS) is 13.6. The monoisotopic (exact) mass is 371 g/mol. The van der Waals surface area contributed by atoms with Gasteiger partial charge < -0.3 is 10.1 Å². The first kappa shape index (κ1) is 18.6. The summed E-state index contributed by atoms with van der Waals surface area (Å²) in [4.78, 5) is 26.6. The Kier molecular flexibility index (Phi) is 6.09. The van der Waals surface area contributed by atoms with Crippen LogP contribution in [0, 0.1) is 6.92 Å². The number of amides is 1. The minimum atomic E-state index is -0.314. The predicted octanol–water partition coefficient (Wildman–Crippen LogP) is 5.14. The van der Waals surface area contributed by atoms with Gasteiger partial charge in [0.15, 0.2) is 0 Å². The summed E-state index contributed by atoms with van der Waals surface area (Å²) in [6, 6.07) is 7.47. The van der Waals surface area contributed by atoms with Crippen LogP contribution in [0.1, 0.15) is 69.3 Å². The van der Waals surface area contributed by atoms with Crippen LogP contribution in [-0.4, -0.2) is 18.5 Å². The van der Waals surface area contributed by atoms with E-state index in [4.69, 9.17) is 4.74 Å². The minimum Gasteiger partial charge on any atom is -0.462 e. The number of carbonyl (C=O) groups is 2. The number of hydrogen-bond donors (Lipinski definition) is 1. The topological polar surface area (TPSA) is 55.4 Å². The average Bonchev–Trinajstić information content (AvgIpc) is 2.81. The molecule has 0 saturated carbocycles. The molecule has 0 saturated heterocycles. The van der Waals surface area contributed by atoms with Gasteiger partial charge in [-0.1, -0.05) is 31.5 Å². The fraction of sp³-hybridized carbons (Fsp3) is 0.429. The molecular weight excluding hydrogens is 346 g/mol. The van der Waals surface area contributed by atoms with Crippen LogP contribution in [0.5, 0.6) is 0 Å². The number of anilines is 1. The van der Waals surface area contributed by atoms with Crippen LogP contribution >= 0.6 is 11.3 Å². The van der Waals surface area contributed by atoms with Crippen LogP contribution in [0.2, 0.25) is 0 Å². The van der Waals surface area contributed by atoms with Crippen LogP contribution in [0.4, 0.5) is 5.00 Å². The van der Waals surface area contributed by atoms with E-state index in [2.05, 4.69) is 5.32 Å². The second-order valence-electron chi connectivity index (χ2n) is 6.67. The van der Waals surface area contributed by atoms with Gasteiger partial charge in [-0.15, -0.1) is 11.3 Å². The van der Waals surface area contributed by atoms with E-state index in [1.807, 2.05) is 32.0 Å². The summed E-state index contributed by atoms with van der Waals surface area (Å²) in [6.07, 6.45) is 6.00. The van der Waals surface area contributed by atoms with Crippen molar-refractivity contribution in [2.24, 2.45) is 0 Å². The SMILES string of the molecule is CCCOC(=O)c1c(NC(=O)c2ccccc2C)sc2c1CCCCC2. The lowest BCUT2D eigenvalue weighted by Gasteiger charge is -2.10. The third-order valence-corrected chi connectivity index (χ3v) is 5.89. The zero-order valence-electron chi connectivity index (χ0n) is 15.4. The zero-order valence-corrected chi connectivity index (χ0v) is 16.2. The Morgan fingerprint density at radius 1 is 1.15 bits per heavy atom. The molecule has 2 aromatic rings. The molecule has 1 amide bonds. The first-order valence-electron chi connectivity index (χ1n) is 9.30.